The van der Waals surface area contributed by atoms with Crippen LogP contribution in [0.5, 0.6) is 5.75 Å². The number of likely N-dealkylation sites (N-methyl/N-ethyl adjacent to an activating group) is 1. The highest BCUT2D eigenvalue weighted by Crippen LogP contribution is 2.22. The standard InChI is InChI=1S/C16H27N3O/c1-4-19(5-2)10-11-20-16-9-6-13(3)18-15(16)12-17-14-7-8-14/h6,9,14,17H,4-5,7-8,10-12H2,1-3H3. The van der Waals surface area contributed by atoms with Crippen molar-refractivity contribution in [1.82, 2.24) is 15.2 Å². The van der Waals surface area contributed by atoms with Crippen LogP contribution in [0.15, 0.2) is 12.1 Å². The zero-order chi connectivity index (χ0) is 14.4. The average Bonchev–Trinajstić information content (AvgIpc) is 3.27. The monoisotopic (exact) mass is 277 g/mol. The summed E-state index contributed by atoms with van der Waals surface area (Å²) in [6.07, 6.45) is 2.59. The quantitative estimate of drug-likeness (QED) is 0.752. The van der Waals surface area contributed by atoms with Crippen molar-refractivity contribution >= 4 is 0 Å². The minimum Gasteiger partial charge on any atom is -0.490 e. The molecule has 0 atom stereocenters. The Balaban J connectivity index is 1.87. The first kappa shape index (κ1) is 15.3. The summed E-state index contributed by atoms with van der Waals surface area (Å²) in [5.74, 6) is 0.927. The summed E-state index contributed by atoms with van der Waals surface area (Å²) >= 11 is 0. The lowest BCUT2D eigenvalue weighted by atomic mass is 10.3. The van der Waals surface area contributed by atoms with Crippen LogP contribution in [0.4, 0.5) is 0 Å². The maximum Gasteiger partial charge on any atom is 0.142 e. The maximum atomic E-state index is 5.93. The highest BCUT2D eigenvalue weighted by atomic mass is 16.5. The Bertz CT molecular complexity index is 414. The molecule has 4 nitrogen and oxygen atoms in total. The van der Waals surface area contributed by atoms with Gasteiger partial charge < -0.3 is 15.0 Å². The van der Waals surface area contributed by atoms with Crippen molar-refractivity contribution in [3.63, 3.8) is 0 Å². The molecule has 0 unspecified atom stereocenters. The molecular formula is C16H27N3O. The van der Waals surface area contributed by atoms with Gasteiger partial charge in [-0.15, -0.1) is 0 Å². The molecule has 0 radical (unpaired) electrons. The molecule has 1 aromatic heterocycles. The maximum absolute atomic E-state index is 5.93. The fourth-order valence-electron chi connectivity index (χ4n) is 2.21. The Hall–Kier alpha value is -1.13. The first-order valence-corrected chi connectivity index (χ1v) is 7.78. The summed E-state index contributed by atoms with van der Waals surface area (Å²) in [4.78, 5) is 6.97. The van der Waals surface area contributed by atoms with Crippen LogP contribution in [0.1, 0.15) is 38.1 Å². The van der Waals surface area contributed by atoms with Crippen LogP contribution in [0.25, 0.3) is 0 Å². The molecule has 1 N–H and O–H groups in total. The van der Waals surface area contributed by atoms with E-state index in [1.165, 1.54) is 12.8 Å². The van der Waals surface area contributed by atoms with E-state index in [4.69, 9.17) is 4.74 Å². The van der Waals surface area contributed by atoms with E-state index >= 15 is 0 Å². The molecular weight excluding hydrogens is 250 g/mol. The fourth-order valence-corrected chi connectivity index (χ4v) is 2.21. The van der Waals surface area contributed by atoms with Crippen molar-refractivity contribution in [2.75, 3.05) is 26.2 Å². The number of aryl methyl sites for hydroxylation is 1. The Kier molecular flexibility index (Phi) is 5.80. The molecule has 1 fully saturated rings. The van der Waals surface area contributed by atoms with Gasteiger partial charge in [-0.1, -0.05) is 13.8 Å². The molecule has 0 aromatic carbocycles. The van der Waals surface area contributed by atoms with Gasteiger partial charge in [-0.25, -0.2) is 0 Å². The van der Waals surface area contributed by atoms with Gasteiger partial charge in [0.05, 0.1) is 5.69 Å². The van der Waals surface area contributed by atoms with Crippen LogP contribution < -0.4 is 10.1 Å². The number of hydrogen-bond acceptors (Lipinski definition) is 4. The molecule has 1 saturated carbocycles. The minimum atomic E-state index is 0.695. The van der Waals surface area contributed by atoms with Crippen LogP contribution in [-0.2, 0) is 6.54 Å². The molecule has 4 heteroatoms. The van der Waals surface area contributed by atoms with Crippen LogP contribution in [0, 0.1) is 6.92 Å². The molecule has 0 bridgehead atoms. The Morgan fingerprint density at radius 3 is 2.70 bits per heavy atom. The average molecular weight is 277 g/mol. The van der Waals surface area contributed by atoms with E-state index in [1.54, 1.807) is 0 Å². The summed E-state index contributed by atoms with van der Waals surface area (Å²) in [5.41, 5.74) is 2.09. The Morgan fingerprint density at radius 1 is 1.30 bits per heavy atom. The van der Waals surface area contributed by atoms with Gasteiger partial charge >= 0.3 is 0 Å². The third-order valence-corrected chi connectivity index (χ3v) is 3.77. The molecule has 112 valence electrons. The van der Waals surface area contributed by atoms with Crippen molar-refractivity contribution in [2.24, 2.45) is 0 Å². The van der Waals surface area contributed by atoms with E-state index in [1.807, 2.05) is 13.0 Å². The van der Waals surface area contributed by atoms with Crippen LogP contribution >= 0.6 is 0 Å². The number of rotatable bonds is 9. The summed E-state index contributed by atoms with van der Waals surface area (Å²) in [7, 11) is 0. The lowest BCUT2D eigenvalue weighted by Crippen LogP contribution is -2.28. The summed E-state index contributed by atoms with van der Waals surface area (Å²) in [5, 5.41) is 3.51. The van der Waals surface area contributed by atoms with Gasteiger partial charge in [0.2, 0.25) is 0 Å². The minimum absolute atomic E-state index is 0.695. The van der Waals surface area contributed by atoms with E-state index in [-0.39, 0.29) is 0 Å². The number of aromatic nitrogens is 1. The molecule has 0 amide bonds. The molecule has 1 heterocycles. The smallest absolute Gasteiger partial charge is 0.142 e. The largest absolute Gasteiger partial charge is 0.490 e. The lowest BCUT2D eigenvalue weighted by Gasteiger charge is -2.19. The van der Waals surface area contributed by atoms with Gasteiger partial charge in [0, 0.05) is 24.8 Å². The first-order valence-electron chi connectivity index (χ1n) is 7.78. The van der Waals surface area contributed by atoms with Crippen molar-refractivity contribution < 1.29 is 4.74 Å². The summed E-state index contributed by atoms with van der Waals surface area (Å²) in [6, 6.07) is 4.77. The summed E-state index contributed by atoms with van der Waals surface area (Å²) in [6.45, 7) is 11.0. The number of ether oxygens (including phenoxy) is 1. The van der Waals surface area contributed by atoms with Crippen molar-refractivity contribution in [2.45, 2.75) is 46.2 Å². The van der Waals surface area contributed by atoms with Crippen LogP contribution in [0.3, 0.4) is 0 Å². The molecule has 0 aliphatic heterocycles. The van der Waals surface area contributed by atoms with Crippen LogP contribution in [-0.4, -0.2) is 42.2 Å². The van der Waals surface area contributed by atoms with E-state index < -0.39 is 0 Å². The van der Waals surface area contributed by atoms with Gasteiger partial charge in [-0.05, 0) is 45.0 Å². The van der Waals surface area contributed by atoms with E-state index in [2.05, 4.69) is 35.1 Å². The highest BCUT2D eigenvalue weighted by Gasteiger charge is 2.21. The Morgan fingerprint density at radius 2 is 2.05 bits per heavy atom. The van der Waals surface area contributed by atoms with E-state index in [0.29, 0.717) is 6.04 Å². The predicted molar refractivity (Wildman–Crippen MR) is 82.1 cm³/mol. The number of nitrogens with one attached hydrogen (secondary N) is 1. The van der Waals surface area contributed by atoms with Gasteiger partial charge in [0.15, 0.2) is 0 Å². The zero-order valence-corrected chi connectivity index (χ0v) is 13.0. The highest BCUT2D eigenvalue weighted by molar-refractivity contribution is 5.29. The topological polar surface area (TPSA) is 37.4 Å². The third-order valence-electron chi connectivity index (χ3n) is 3.77. The number of nitrogens with zero attached hydrogens (tertiary/aromatic N) is 2. The number of hydrogen-bond donors (Lipinski definition) is 1. The molecule has 1 aromatic rings. The molecule has 1 aliphatic carbocycles. The first-order chi connectivity index (χ1) is 9.72. The lowest BCUT2D eigenvalue weighted by molar-refractivity contribution is 0.220. The van der Waals surface area contributed by atoms with Crippen molar-refractivity contribution in [3.05, 3.63) is 23.5 Å². The van der Waals surface area contributed by atoms with Crippen LogP contribution in [0.2, 0.25) is 0 Å². The molecule has 0 saturated heterocycles. The second-order valence-corrected chi connectivity index (χ2v) is 5.43. The fraction of sp³-hybridized carbons (Fsp3) is 0.688. The molecule has 20 heavy (non-hydrogen) atoms. The second kappa shape index (κ2) is 7.60. The Labute approximate surface area is 122 Å². The SMILES string of the molecule is CCN(CC)CCOc1ccc(C)nc1CNC1CC1. The molecule has 2 rings (SSSR count). The normalized spacial score (nSPS) is 14.8. The predicted octanol–water partition coefficient (Wildman–Crippen LogP) is 2.36. The second-order valence-electron chi connectivity index (χ2n) is 5.43. The van der Waals surface area contributed by atoms with Gasteiger partial charge in [-0.2, -0.15) is 0 Å². The third kappa shape index (κ3) is 4.76. The van der Waals surface area contributed by atoms with Gasteiger partial charge in [0.25, 0.3) is 0 Å². The zero-order valence-electron chi connectivity index (χ0n) is 13.0. The molecule has 0 spiro atoms. The van der Waals surface area contributed by atoms with E-state index in [0.717, 1.165) is 49.9 Å². The molecule has 1 aliphatic rings. The van der Waals surface area contributed by atoms with Gasteiger partial charge in [-0.3, -0.25) is 4.98 Å². The number of pyridine rings is 1. The summed E-state index contributed by atoms with van der Waals surface area (Å²) < 4.78 is 5.93. The van der Waals surface area contributed by atoms with Crippen molar-refractivity contribution in [3.8, 4) is 5.75 Å². The van der Waals surface area contributed by atoms with E-state index in [9.17, 15) is 0 Å². The van der Waals surface area contributed by atoms with Crippen molar-refractivity contribution in [1.29, 1.82) is 0 Å². The van der Waals surface area contributed by atoms with Gasteiger partial charge in [0.1, 0.15) is 12.4 Å².